The molecule has 2 heterocycles. The first kappa shape index (κ1) is 35.0. The smallest absolute Gasteiger partial charge is 0.330 e. The van der Waals surface area contributed by atoms with Crippen LogP contribution in [-0.2, 0) is 39.9 Å². The zero-order valence-corrected chi connectivity index (χ0v) is 25.9. The maximum absolute atomic E-state index is 15.3. The number of halogens is 3. The average molecular weight is 652 g/mol. The van der Waals surface area contributed by atoms with Gasteiger partial charge in [-0.25, -0.2) is 14.3 Å². The van der Waals surface area contributed by atoms with Crippen molar-refractivity contribution < 1.29 is 42.0 Å². The molecule has 1 saturated heterocycles. The van der Waals surface area contributed by atoms with E-state index >= 15 is 4.39 Å². The number of aromatic amines is 1. The van der Waals surface area contributed by atoms with E-state index < -0.39 is 77.4 Å². The van der Waals surface area contributed by atoms with Gasteiger partial charge in [0, 0.05) is 11.2 Å². The van der Waals surface area contributed by atoms with Crippen molar-refractivity contribution in [3.8, 4) is 0 Å². The molecule has 0 radical (unpaired) electrons. The van der Waals surface area contributed by atoms with Gasteiger partial charge in [0.1, 0.15) is 18.2 Å². The highest BCUT2D eigenvalue weighted by Gasteiger charge is 2.58. The number of nitrogens with zero attached hydrogens (tertiary/aromatic N) is 1. The van der Waals surface area contributed by atoms with Gasteiger partial charge in [-0.1, -0.05) is 44.1 Å². The van der Waals surface area contributed by atoms with Crippen LogP contribution < -0.4 is 16.3 Å². The molecule has 0 bridgehead atoms. The average Bonchev–Trinajstić information content (AvgIpc) is 3.05. The summed E-state index contributed by atoms with van der Waals surface area (Å²) in [4.78, 5) is 49.6. The number of rotatable bonds is 12. The lowest BCUT2D eigenvalue weighted by molar-refractivity contribution is -0.149. The van der Waals surface area contributed by atoms with Crippen molar-refractivity contribution >= 4 is 52.9 Å². The largest absolute Gasteiger partial charge is 0.462 e. The Balaban J connectivity index is 2.19. The zero-order valence-electron chi connectivity index (χ0n) is 22.6. The van der Waals surface area contributed by atoms with Gasteiger partial charge in [0.15, 0.2) is 11.3 Å². The van der Waals surface area contributed by atoms with Crippen LogP contribution in [0.3, 0.4) is 0 Å². The molecule has 3 N–H and O–H groups in total. The number of hydrogen-bond donors (Lipinski definition) is 3. The summed E-state index contributed by atoms with van der Waals surface area (Å²) in [6.07, 6.45) is -5.72. The van der Waals surface area contributed by atoms with Gasteiger partial charge >= 0.3 is 11.7 Å². The number of thioether (sulfide) groups is 1. The topological polar surface area (TPSA) is 158 Å². The van der Waals surface area contributed by atoms with Crippen molar-refractivity contribution in [2.45, 2.75) is 77.3 Å². The molecule has 1 aliphatic heterocycles. The molecule has 1 fully saturated rings. The van der Waals surface area contributed by atoms with E-state index in [9.17, 15) is 28.7 Å². The Kier molecular flexibility index (Phi) is 12.1. The van der Waals surface area contributed by atoms with Gasteiger partial charge in [-0.2, -0.15) is 4.39 Å². The van der Waals surface area contributed by atoms with Gasteiger partial charge in [0.05, 0.1) is 25.5 Å². The number of hydrogen-bond acceptors (Lipinski definition) is 11. The van der Waals surface area contributed by atoms with E-state index in [2.05, 4.69) is 5.09 Å². The fourth-order valence-corrected chi connectivity index (χ4v) is 6.72. The lowest BCUT2D eigenvalue weighted by atomic mass is 10.00. The molecular weight excluding hydrogens is 619 g/mol. The Morgan fingerprint density at radius 2 is 1.98 bits per heavy atom. The normalized spacial score (nSPS) is 25.5. The summed E-state index contributed by atoms with van der Waals surface area (Å²) in [6, 6.07) is -1.00. The molecule has 0 spiro atoms. The Bertz CT molecular complexity index is 1240. The van der Waals surface area contributed by atoms with Crippen LogP contribution in [0.5, 0.6) is 0 Å². The summed E-state index contributed by atoms with van der Waals surface area (Å²) < 4.78 is 51.4. The number of nitrogens with one attached hydrogen (secondary N) is 2. The first-order valence-electron chi connectivity index (χ1n) is 12.1. The molecule has 2 rings (SSSR count). The first-order valence-corrected chi connectivity index (χ1v) is 16.1. The van der Waals surface area contributed by atoms with Crippen LogP contribution >= 0.6 is 30.0 Å². The monoisotopic (exact) mass is 651 g/mol. The van der Waals surface area contributed by atoms with Crippen molar-refractivity contribution in [2.24, 2.45) is 5.41 Å². The number of H-pyrrole nitrogens is 1. The molecule has 0 saturated carbocycles. The van der Waals surface area contributed by atoms with Crippen LogP contribution in [0.25, 0.3) is 0 Å². The molecular formula is C22H33ClF2N3O9PS2. The van der Waals surface area contributed by atoms with Crippen LogP contribution in [0.15, 0.2) is 15.8 Å². The minimum absolute atomic E-state index is 0.0754. The Morgan fingerprint density at radius 1 is 1.35 bits per heavy atom. The van der Waals surface area contributed by atoms with E-state index in [0.29, 0.717) is 10.8 Å². The van der Waals surface area contributed by atoms with Gasteiger partial charge in [-0.15, -0.1) is 0 Å². The van der Waals surface area contributed by atoms with E-state index in [1.165, 1.54) is 6.92 Å². The number of aliphatic hydroxyl groups excluding tert-OH is 1. The SMILES string of the molecule is CC(C)OC(=O)[C@@H](C)N[P@@](=S)(OCCSC(=O)C(C)(C)C)OC[C@H]1O[C@@H](n2cc(F)c(=O)[nH]c2=O)[C@](F)(Cl)[C@@H]1O. The standard InChI is InChI=1S/C22H33ClF2N3O9PS2/c1-11(2)36-17(31)12(3)27-38(39,34-7-8-40-19(32)21(4,5)6)35-10-14-15(29)22(23,25)18(37-14)28-9-13(24)16(30)26-20(28)33/h9,11-12,14-15,18,29H,7-8,10H2,1-6H3,(H,27,39)(H,26,30,33)/t12-,14-,15-,18-,22+,38-/m1/s1. The predicted molar refractivity (Wildman–Crippen MR) is 148 cm³/mol. The number of carbonyl (C=O) groups is 2. The van der Waals surface area contributed by atoms with Gasteiger partial charge in [-0.3, -0.25) is 23.9 Å². The lowest BCUT2D eigenvalue weighted by Crippen LogP contribution is -2.42. The number of ether oxygens (including phenoxy) is 2. The second-order valence-corrected chi connectivity index (χ2v) is 15.0. The van der Waals surface area contributed by atoms with E-state index in [4.69, 9.17) is 41.9 Å². The molecule has 18 heteroatoms. The molecule has 40 heavy (non-hydrogen) atoms. The van der Waals surface area contributed by atoms with Crippen molar-refractivity contribution in [2.75, 3.05) is 19.0 Å². The molecule has 6 atom stereocenters. The zero-order chi connectivity index (χ0) is 30.6. The molecule has 0 aliphatic carbocycles. The van der Waals surface area contributed by atoms with E-state index in [0.717, 1.165) is 11.8 Å². The van der Waals surface area contributed by atoms with Crippen LogP contribution in [0.1, 0.15) is 47.8 Å². The number of aliphatic hydroxyl groups is 1. The highest BCUT2D eigenvalue weighted by Crippen LogP contribution is 2.48. The summed E-state index contributed by atoms with van der Waals surface area (Å²) in [6.45, 7) is 5.75. The van der Waals surface area contributed by atoms with Crippen molar-refractivity contribution in [1.82, 2.24) is 14.6 Å². The number of esters is 1. The molecule has 0 amide bonds. The summed E-state index contributed by atoms with van der Waals surface area (Å²) in [5.41, 5.74) is -3.16. The van der Waals surface area contributed by atoms with Crippen LogP contribution in [0.4, 0.5) is 8.78 Å². The van der Waals surface area contributed by atoms with Crippen molar-refractivity contribution in [3.05, 3.63) is 32.9 Å². The summed E-state index contributed by atoms with van der Waals surface area (Å²) >= 11 is 12.4. The Morgan fingerprint density at radius 3 is 2.55 bits per heavy atom. The van der Waals surface area contributed by atoms with E-state index in [1.54, 1.807) is 39.6 Å². The minimum Gasteiger partial charge on any atom is -0.462 e. The lowest BCUT2D eigenvalue weighted by Gasteiger charge is -2.28. The molecule has 1 aliphatic rings. The van der Waals surface area contributed by atoms with Gasteiger partial charge in [-0.05, 0) is 32.6 Å². The van der Waals surface area contributed by atoms with Gasteiger partial charge < -0.3 is 23.6 Å². The number of alkyl halides is 2. The third-order valence-electron chi connectivity index (χ3n) is 5.21. The summed E-state index contributed by atoms with van der Waals surface area (Å²) in [5, 5.41) is 10.0. The second-order valence-electron chi connectivity index (χ2n) is 10.1. The summed E-state index contributed by atoms with van der Waals surface area (Å²) in [7, 11) is 0. The van der Waals surface area contributed by atoms with E-state index in [1.807, 2.05) is 0 Å². The van der Waals surface area contributed by atoms with Crippen molar-refractivity contribution in [3.63, 3.8) is 0 Å². The highest BCUT2D eigenvalue weighted by atomic mass is 35.5. The van der Waals surface area contributed by atoms with Crippen LogP contribution in [-0.4, -0.2) is 74.2 Å². The molecule has 1 aromatic rings. The Hall–Kier alpha value is -1.23. The number of carbonyl (C=O) groups excluding carboxylic acids is 2. The molecule has 12 nitrogen and oxygen atoms in total. The predicted octanol–water partition coefficient (Wildman–Crippen LogP) is 2.33. The minimum atomic E-state index is -3.58. The molecule has 228 valence electrons. The maximum Gasteiger partial charge on any atom is 0.330 e. The highest BCUT2D eigenvalue weighted by molar-refractivity contribution is 8.13. The Labute approximate surface area is 243 Å². The fraction of sp³-hybridized carbons (Fsp3) is 0.727. The molecule has 1 aromatic heterocycles. The quantitative estimate of drug-likeness (QED) is 0.131. The fourth-order valence-electron chi connectivity index (χ4n) is 3.16. The third-order valence-corrected chi connectivity index (χ3v) is 9.53. The van der Waals surface area contributed by atoms with Crippen LogP contribution in [0, 0.1) is 11.2 Å². The van der Waals surface area contributed by atoms with Crippen molar-refractivity contribution in [1.29, 1.82) is 0 Å². The van der Waals surface area contributed by atoms with Gasteiger partial charge in [0.25, 0.3) is 17.3 Å². The second kappa shape index (κ2) is 13.8. The summed E-state index contributed by atoms with van der Waals surface area (Å²) in [5.74, 6) is -1.87. The first-order chi connectivity index (χ1) is 18.3. The molecule has 0 unspecified atom stereocenters. The van der Waals surface area contributed by atoms with Gasteiger partial charge in [0.2, 0.25) is 5.82 Å². The third kappa shape index (κ3) is 9.13. The maximum atomic E-state index is 15.3. The molecule has 0 aromatic carbocycles. The van der Waals surface area contributed by atoms with Crippen LogP contribution in [0.2, 0.25) is 0 Å². The number of aromatic nitrogens is 2. The van der Waals surface area contributed by atoms with E-state index in [-0.39, 0.29) is 17.5 Å².